The average Bonchev–Trinajstić information content (AvgIpc) is 2.27. The molecule has 0 saturated carbocycles. The van der Waals surface area contributed by atoms with Crippen LogP contribution in [-0.4, -0.2) is 24.6 Å². The van der Waals surface area contributed by atoms with Crippen molar-refractivity contribution < 1.29 is 17.8 Å². The highest BCUT2D eigenvalue weighted by atomic mass is 32.2. The van der Waals surface area contributed by atoms with Gasteiger partial charge in [0.05, 0.1) is 16.5 Å². The zero-order valence-electron chi connectivity index (χ0n) is 9.99. The molecule has 1 aromatic rings. The van der Waals surface area contributed by atoms with Crippen molar-refractivity contribution in [2.75, 3.05) is 0 Å². The topological polar surface area (TPSA) is 110 Å². The molecule has 0 aromatic heterocycles. The molecule has 0 aliphatic rings. The van der Waals surface area contributed by atoms with Crippen molar-refractivity contribution in [3.8, 4) is 0 Å². The van der Waals surface area contributed by atoms with E-state index < -0.39 is 16.0 Å². The van der Waals surface area contributed by atoms with Crippen molar-refractivity contribution in [1.82, 2.24) is 0 Å². The van der Waals surface area contributed by atoms with Gasteiger partial charge in [0.15, 0.2) is 0 Å². The highest BCUT2D eigenvalue weighted by Crippen LogP contribution is 2.17. The van der Waals surface area contributed by atoms with Gasteiger partial charge >= 0.3 is 0 Å². The summed E-state index contributed by atoms with van der Waals surface area (Å²) in [6, 6.07) is 5.20. The molecule has 0 heterocycles. The largest absolute Gasteiger partial charge is 0.387 e. The van der Waals surface area contributed by atoms with Crippen molar-refractivity contribution >= 4 is 27.4 Å². The molecular formula is C11H14N2O4S. The minimum Gasteiger partial charge on any atom is -0.387 e. The molecule has 1 aromatic carbocycles. The highest BCUT2D eigenvalue weighted by Gasteiger charge is 2.12. The fourth-order valence-electron chi connectivity index (χ4n) is 1.15. The number of carbonyl (C=O) groups excluding carboxylic acids is 1. The van der Waals surface area contributed by atoms with E-state index in [2.05, 4.69) is 4.99 Å². The summed E-state index contributed by atoms with van der Waals surface area (Å²) in [4.78, 5) is 14.9. The maximum absolute atomic E-state index is 11.1. The summed E-state index contributed by atoms with van der Waals surface area (Å²) in [5.41, 5.74) is 6.05. The summed E-state index contributed by atoms with van der Waals surface area (Å²) in [6.45, 7) is 3.04. The predicted octanol–water partition coefficient (Wildman–Crippen LogP) is 1.15. The summed E-state index contributed by atoms with van der Waals surface area (Å²) in [6.07, 6.45) is 0. The molecule has 1 unspecified atom stereocenters. The Hall–Kier alpha value is -1.73. The molecule has 0 aliphatic heterocycles. The van der Waals surface area contributed by atoms with Crippen molar-refractivity contribution in [1.29, 1.82) is 0 Å². The Labute approximate surface area is 105 Å². The van der Waals surface area contributed by atoms with Crippen LogP contribution in [0.1, 0.15) is 13.8 Å². The van der Waals surface area contributed by atoms with Crippen LogP contribution < -0.4 is 5.73 Å². The van der Waals surface area contributed by atoms with Gasteiger partial charge in [-0.05, 0) is 38.1 Å². The molecule has 6 nitrogen and oxygen atoms in total. The Bertz CT molecular complexity index is 576. The van der Waals surface area contributed by atoms with Crippen LogP contribution in [0, 0.1) is 5.92 Å². The molecule has 98 valence electrons. The normalized spacial score (nSPS) is 14.3. The third-order valence-corrected chi connectivity index (χ3v) is 3.31. The van der Waals surface area contributed by atoms with Gasteiger partial charge in [0.2, 0.25) is 0 Å². The van der Waals surface area contributed by atoms with E-state index in [4.69, 9.17) is 10.3 Å². The number of ketones is 1. The maximum atomic E-state index is 11.1. The quantitative estimate of drug-likeness (QED) is 0.484. The van der Waals surface area contributed by atoms with Crippen LogP contribution in [0.25, 0.3) is 0 Å². The number of Topliss-reactive ketones (excluding diaryl/α,β-unsaturated/α-hetero) is 1. The SMILES string of the molecule is CC(=O)C(C)C(N)=Nc1ccc(S(=O)(=O)O)cc1. The first kappa shape index (κ1) is 14.3. The fraction of sp³-hybridized carbons (Fsp3) is 0.273. The summed E-state index contributed by atoms with van der Waals surface area (Å²) in [5, 5.41) is 0. The number of nitrogens with two attached hydrogens (primary N) is 1. The average molecular weight is 270 g/mol. The molecule has 1 atom stereocenters. The summed E-state index contributed by atoms with van der Waals surface area (Å²) < 4.78 is 30.4. The van der Waals surface area contributed by atoms with Crippen LogP contribution in [-0.2, 0) is 14.9 Å². The van der Waals surface area contributed by atoms with E-state index in [1.54, 1.807) is 6.92 Å². The first-order chi connectivity index (χ1) is 8.21. The van der Waals surface area contributed by atoms with Crippen molar-refractivity contribution in [3.05, 3.63) is 24.3 Å². The van der Waals surface area contributed by atoms with E-state index in [9.17, 15) is 13.2 Å². The molecule has 7 heteroatoms. The van der Waals surface area contributed by atoms with Gasteiger partial charge in [-0.3, -0.25) is 9.35 Å². The second-order valence-corrected chi connectivity index (χ2v) is 5.26. The number of carbonyl (C=O) groups is 1. The van der Waals surface area contributed by atoms with Gasteiger partial charge in [0.1, 0.15) is 11.6 Å². The molecule has 0 saturated heterocycles. The van der Waals surface area contributed by atoms with Crippen molar-refractivity contribution in [2.45, 2.75) is 18.7 Å². The second-order valence-electron chi connectivity index (χ2n) is 3.84. The van der Waals surface area contributed by atoms with Gasteiger partial charge in [0.25, 0.3) is 10.1 Å². The van der Waals surface area contributed by atoms with E-state index in [-0.39, 0.29) is 16.5 Å². The Kier molecular flexibility index (Phi) is 4.20. The van der Waals surface area contributed by atoms with Crippen molar-refractivity contribution in [3.63, 3.8) is 0 Å². The van der Waals surface area contributed by atoms with Gasteiger partial charge in [-0.25, -0.2) is 4.99 Å². The lowest BCUT2D eigenvalue weighted by Gasteiger charge is -2.06. The summed E-state index contributed by atoms with van der Waals surface area (Å²) in [7, 11) is -4.21. The molecule has 18 heavy (non-hydrogen) atoms. The lowest BCUT2D eigenvalue weighted by atomic mass is 10.1. The number of rotatable bonds is 4. The first-order valence-corrected chi connectivity index (χ1v) is 6.58. The molecule has 0 spiro atoms. The van der Waals surface area contributed by atoms with Gasteiger partial charge in [-0.15, -0.1) is 0 Å². The monoisotopic (exact) mass is 270 g/mol. The Morgan fingerprint density at radius 1 is 1.33 bits per heavy atom. The van der Waals surface area contributed by atoms with Crippen LogP contribution in [0.4, 0.5) is 5.69 Å². The van der Waals surface area contributed by atoms with E-state index in [1.807, 2.05) is 0 Å². The molecule has 0 bridgehead atoms. The van der Waals surface area contributed by atoms with Gasteiger partial charge in [0, 0.05) is 0 Å². The first-order valence-electron chi connectivity index (χ1n) is 5.14. The number of hydrogen-bond donors (Lipinski definition) is 2. The zero-order chi connectivity index (χ0) is 13.9. The van der Waals surface area contributed by atoms with Crippen molar-refractivity contribution in [2.24, 2.45) is 16.6 Å². The number of hydrogen-bond acceptors (Lipinski definition) is 4. The lowest BCUT2D eigenvalue weighted by Crippen LogP contribution is -2.26. The number of benzene rings is 1. The van der Waals surface area contributed by atoms with Crippen LogP contribution in [0.3, 0.4) is 0 Å². The Morgan fingerprint density at radius 3 is 2.22 bits per heavy atom. The van der Waals surface area contributed by atoms with Gasteiger partial charge in [-0.2, -0.15) is 8.42 Å². The second kappa shape index (κ2) is 5.28. The minimum absolute atomic E-state index is 0.106. The smallest absolute Gasteiger partial charge is 0.294 e. The molecule has 1 rings (SSSR count). The third-order valence-electron chi connectivity index (χ3n) is 2.45. The van der Waals surface area contributed by atoms with E-state index in [0.717, 1.165) is 0 Å². The van der Waals surface area contributed by atoms with Crippen LogP contribution in [0.15, 0.2) is 34.2 Å². The minimum atomic E-state index is -4.21. The molecule has 0 fully saturated rings. The fourth-order valence-corrected chi connectivity index (χ4v) is 1.63. The molecule has 0 aliphatic carbocycles. The standard InChI is InChI=1S/C11H14N2O4S/c1-7(8(2)14)11(12)13-9-3-5-10(6-4-9)18(15,16)17/h3-7H,1-2H3,(H2,12,13)(H,15,16,17). The highest BCUT2D eigenvalue weighted by molar-refractivity contribution is 7.85. The zero-order valence-corrected chi connectivity index (χ0v) is 10.8. The van der Waals surface area contributed by atoms with Crippen LogP contribution in [0.2, 0.25) is 0 Å². The van der Waals surface area contributed by atoms with E-state index in [0.29, 0.717) is 5.69 Å². The van der Waals surface area contributed by atoms with Crippen LogP contribution in [0.5, 0.6) is 0 Å². The molecular weight excluding hydrogens is 256 g/mol. The molecule has 0 amide bonds. The number of aliphatic imine (C=N–C) groups is 1. The van der Waals surface area contributed by atoms with E-state index >= 15 is 0 Å². The molecule has 0 radical (unpaired) electrons. The third kappa shape index (κ3) is 3.64. The van der Waals surface area contributed by atoms with E-state index in [1.165, 1.54) is 31.2 Å². The Morgan fingerprint density at radius 2 is 1.83 bits per heavy atom. The number of amidine groups is 1. The molecule has 3 N–H and O–H groups in total. The predicted molar refractivity (Wildman–Crippen MR) is 67.4 cm³/mol. The Balaban J connectivity index is 3.00. The number of nitrogens with zero attached hydrogens (tertiary/aromatic N) is 1. The van der Waals surface area contributed by atoms with Crippen LogP contribution >= 0.6 is 0 Å². The summed E-state index contributed by atoms with van der Waals surface area (Å²) in [5.74, 6) is -0.445. The maximum Gasteiger partial charge on any atom is 0.294 e. The lowest BCUT2D eigenvalue weighted by molar-refractivity contribution is -0.118. The van der Waals surface area contributed by atoms with Gasteiger partial charge < -0.3 is 5.73 Å². The van der Waals surface area contributed by atoms with Gasteiger partial charge in [-0.1, -0.05) is 0 Å². The summed E-state index contributed by atoms with van der Waals surface area (Å²) >= 11 is 0.